The molecule has 0 aliphatic carbocycles. The van der Waals surface area contributed by atoms with Crippen LogP contribution in [0.4, 0.5) is 0 Å². The predicted molar refractivity (Wildman–Crippen MR) is 121 cm³/mol. The van der Waals surface area contributed by atoms with Gasteiger partial charge in [0.1, 0.15) is 5.75 Å². The fourth-order valence-electron chi connectivity index (χ4n) is 3.01. The molecule has 0 saturated carbocycles. The van der Waals surface area contributed by atoms with Crippen molar-refractivity contribution in [2.75, 3.05) is 33.3 Å². The first-order valence-corrected chi connectivity index (χ1v) is 11.9. The first-order chi connectivity index (χ1) is 14.0. The lowest BCUT2D eigenvalue weighted by atomic mass is 10.2. The Kier molecular flexibility index (Phi) is 7.59. The second-order valence-electron chi connectivity index (χ2n) is 6.43. The minimum absolute atomic E-state index is 0.194. The minimum atomic E-state index is -3.71. The van der Waals surface area contributed by atoms with Crippen LogP contribution in [-0.4, -0.2) is 45.7 Å². The number of halogens is 2. The number of nitrogens with zero attached hydrogens (tertiary/aromatic N) is 1. The number of aromatic nitrogens is 1. The van der Waals surface area contributed by atoms with Crippen LogP contribution in [0.3, 0.4) is 0 Å². The molecule has 0 amide bonds. The van der Waals surface area contributed by atoms with E-state index >= 15 is 0 Å². The molecular formula is C20H23BrClN3O3S. The van der Waals surface area contributed by atoms with Crippen molar-refractivity contribution in [1.29, 1.82) is 0 Å². The summed E-state index contributed by atoms with van der Waals surface area (Å²) in [5, 5.41) is 7.26. The zero-order valence-electron chi connectivity index (χ0n) is 16.0. The second-order valence-corrected chi connectivity index (χ2v) is 9.42. The number of ether oxygens (including phenoxy) is 1. The quantitative estimate of drug-likeness (QED) is 0.536. The fraction of sp³-hybridized carbons (Fsp3) is 0.300. The second kappa shape index (κ2) is 9.95. The normalized spacial score (nSPS) is 14.3. The Hall–Kier alpha value is -1.58. The highest BCUT2D eigenvalue weighted by Gasteiger charge is 2.21. The Morgan fingerprint density at radius 2 is 1.69 bits per heavy atom. The number of piperazine rings is 1. The van der Waals surface area contributed by atoms with Crippen molar-refractivity contribution in [3.05, 3.63) is 58.7 Å². The lowest BCUT2D eigenvalue weighted by Gasteiger charge is -2.11. The van der Waals surface area contributed by atoms with Gasteiger partial charge in [-0.3, -0.25) is 0 Å². The Balaban J connectivity index is 0.000000343. The Labute approximate surface area is 184 Å². The Bertz CT molecular complexity index is 1050. The van der Waals surface area contributed by atoms with Gasteiger partial charge in [0, 0.05) is 48.1 Å². The SMILES string of the molecule is C1CNCCN1.COc1ccc(S(=O)(=O)n2cc(CCl)c3cc(Br)ccc32)cc1. The zero-order valence-corrected chi connectivity index (χ0v) is 19.1. The first-order valence-electron chi connectivity index (χ1n) is 9.14. The summed E-state index contributed by atoms with van der Waals surface area (Å²) in [5.74, 6) is 0.838. The number of alkyl halides is 1. The average molecular weight is 501 g/mol. The number of benzene rings is 2. The van der Waals surface area contributed by atoms with Gasteiger partial charge in [-0.25, -0.2) is 12.4 Å². The molecule has 4 rings (SSSR count). The molecule has 29 heavy (non-hydrogen) atoms. The molecule has 0 radical (unpaired) electrons. The first kappa shape index (κ1) is 22.1. The molecule has 156 valence electrons. The van der Waals surface area contributed by atoms with Crippen molar-refractivity contribution >= 4 is 48.5 Å². The van der Waals surface area contributed by atoms with E-state index in [2.05, 4.69) is 26.6 Å². The Morgan fingerprint density at radius 3 is 2.21 bits per heavy atom. The maximum atomic E-state index is 12.9. The average Bonchev–Trinajstić information content (AvgIpc) is 3.14. The highest BCUT2D eigenvalue weighted by molar-refractivity contribution is 9.10. The smallest absolute Gasteiger partial charge is 0.268 e. The van der Waals surface area contributed by atoms with Crippen molar-refractivity contribution in [2.45, 2.75) is 10.8 Å². The van der Waals surface area contributed by atoms with E-state index in [-0.39, 0.29) is 10.8 Å². The third kappa shape index (κ3) is 5.13. The molecule has 1 aliphatic heterocycles. The van der Waals surface area contributed by atoms with Crippen molar-refractivity contribution < 1.29 is 13.2 Å². The number of nitrogens with one attached hydrogen (secondary N) is 2. The molecule has 0 atom stereocenters. The number of hydrogen-bond donors (Lipinski definition) is 2. The number of fused-ring (bicyclic) bond motifs is 1. The highest BCUT2D eigenvalue weighted by atomic mass is 79.9. The van der Waals surface area contributed by atoms with Crippen molar-refractivity contribution in [3.8, 4) is 5.75 Å². The van der Waals surface area contributed by atoms with Gasteiger partial charge in [-0.2, -0.15) is 0 Å². The van der Waals surface area contributed by atoms with Crippen LogP contribution in [0.5, 0.6) is 5.75 Å². The maximum Gasteiger partial charge on any atom is 0.268 e. The summed E-state index contributed by atoms with van der Waals surface area (Å²) in [4.78, 5) is 0.194. The van der Waals surface area contributed by atoms with Gasteiger partial charge in [-0.05, 0) is 48.0 Å². The van der Waals surface area contributed by atoms with Crippen molar-refractivity contribution in [1.82, 2.24) is 14.6 Å². The van der Waals surface area contributed by atoms with E-state index in [9.17, 15) is 8.42 Å². The number of hydrogen-bond acceptors (Lipinski definition) is 5. The van der Waals surface area contributed by atoms with E-state index < -0.39 is 10.0 Å². The molecule has 0 bridgehead atoms. The van der Waals surface area contributed by atoms with Gasteiger partial charge in [0.05, 0.1) is 17.5 Å². The lowest BCUT2D eigenvalue weighted by molar-refractivity contribution is 0.414. The minimum Gasteiger partial charge on any atom is -0.497 e. The van der Waals surface area contributed by atoms with E-state index in [1.807, 2.05) is 6.07 Å². The van der Waals surface area contributed by atoms with Crippen LogP contribution in [0.15, 0.2) is 58.0 Å². The largest absolute Gasteiger partial charge is 0.497 e. The Morgan fingerprint density at radius 1 is 1.07 bits per heavy atom. The summed E-state index contributed by atoms with van der Waals surface area (Å²) in [5.41, 5.74) is 1.36. The summed E-state index contributed by atoms with van der Waals surface area (Å²) in [6.45, 7) is 4.56. The molecule has 1 aliphatic rings. The van der Waals surface area contributed by atoms with Gasteiger partial charge in [0.15, 0.2) is 0 Å². The zero-order chi connectivity index (χ0) is 20.9. The third-order valence-electron chi connectivity index (χ3n) is 4.53. The van der Waals surface area contributed by atoms with Gasteiger partial charge >= 0.3 is 0 Å². The molecule has 2 aromatic carbocycles. The predicted octanol–water partition coefficient (Wildman–Crippen LogP) is 3.57. The van der Waals surface area contributed by atoms with Crippen LogP contribution in [0.25, 0.3) is 10.9 Å². The molecule has 0 unspecified atom stereocenters. The molecule has 2 heterocycles. The van der Waals surface area contributed by atoms with Gasteiger partial charge in [-0.15, -0.1) is 11.6 Å². The maximum absolute atomic E-state index is 12.9. The van der Waals surface area contributed by atoms with E-state index in [1.165, 1.54) is 23.2 Å². The van der Waals surface area contributed by atoms with Crippen molar-refractivity contribution in [3.63, 3.8) is 0 Å². The van der Waals surface area contributed by atoms with E-state index in [1.54, 1.807) is 30.5 Å². The molecule has 6 nitrogen and oxygen atoms in total. The molecule has 1 saturated heterocycles. The highest BCUT2D eigenvalue weighted by Crippen LogP contribution is 2.29. The van der Waals surface area contributed by atoms with Crippen LogP contribution in [0, 0.1) is 0 Å². The molecule has 3 aromatic rings. The summed E-state index contributed by atoms with van der Waals surface area (Å²) in [7, 11) is -2.17. The standard InChI is InChI=1S/C16H13BrClNO3S.C4H10N2/c1-22-13-3-5-14(6-4-13)23(20,21)19-10-11(9-18)15-8-12(17)2-7-16(15)19;1-2-6-4-3-5-1/h2-8,10H,9H2,1H3;5-6H,1-4H2. The molecule has 1 fully saturated rings. The van der Waals surface area contributed by atoms with E-state index in [0.29, 0.717) is 11.3 Å². The van der Waals surface area contributed by atoms with E-state index in [0.717, 1.165) is 41.6 Å². The number of rotatable bonds is 4. The molecule has 0 spiro atoms. The van der Waals surface area contributed by atoms with Gasteiger partial charge in [0.25, 0.3) is 10.0 Å². The summed E-state index contributed by atoms with van der Waals surface area (Å²) in [6, 6.07) is 11.7. The van der Waals surface area contributed by atoms with Gasteiger partial charge in [0.2, 0.25) is 0 Å². The van der Waals surface area contributed by atoms with Crippen LogP contribution in [-0.2, 0) is 15.9 Å². The van der Waals surface area contributed by atoms with Crippen molar-refractivity contribution in [2.24, 2.45) is 0 Å². The van der Waals surface area contributed by atoms with E-state index in [4.69, 9.17) is 16.3 Å². The summed E-state index contributed by atoms with van der Waals surface area (Å²) < 4.78 is 33.1. The topological polar surface area (TPSA) is 72.4 Å². The van der Waals surface area contributed by atoms with Gasteiger partial charge in [-0.1, -0.05) is 15.9 Å². The van der Waals surface area contributed by atoms with Crippen LogP contribution < -0.4 is 15.4 Å². The van der Waals surface area contributed by atoms with Crippen LogP contribution in [0.2, 0.25) is 0 Å². The summed E-state index contributed by atoms with van der Waals surface area (Å²) >= 11 is 9.37. The monoisotopic (exact) mass is 499 g/mol. The van der Waals surface area contributed by atoms with Gasteiger partial charge < -0.3 is 15.4 Å². The molecule has 1 aromatic heterocycles. The molecule has 2 N–H and O–H groups in total. The lowest BCUT2D eigenvalue weighted by Crippen LogP contribution is -2.39. The number of methoxy groups -OCH3 is 1. The molecule has 9 heteroatoms. The fourth-order valence-corrected chi connectivity index (χ4v) is 4.97. The molecular weight excluding hydrogens is 478 g/mol. The summed E-state index contributed by atoms with van der Waals surface area (Å²) in [6.07, 6.45) is 1.57. The van der Waals surface area contributed by atoms with Crippen LogP contribution >= 0.6 is 27.5 Å². The third-order valence-corrected chi connectivity index (χ3v) is 7.00. The van der Waals surface area contributed by atoms with Crippen LogP contribution in [0.1, 0.15) is 5.56 Å².